The van der Waals surface area contributed by atoms with E-state index in [1.165, 1.54) is 18.9 Å². The molecule has 6 heteroatoms. The predicted octanol–water partition coefficient (Wildman–Crippen LogP) is 0.647. The second-order valence-corrected chi connectivity index (χ2v) is 3.28. The Morgan fingerprint density at radius 1 is 1.50 bits per heavy atom. The molecule has 14 heavy (non-hydrogen) atoms. The van der Waals surface area contributed by atoms with Crippen molar-refractivity contribution in [1.82, 2.24) is 9.97 Å². The number of H-pyrrole nitrogens is 1. The van der Waals surface area contributed by atoms with Crippen molar-refractivity contribution in [2.75, 3.05) is 20.5 Å². The number of nitrogens with zero attached hydrogens (tertiary/aromatic N) is 1. The number of aromatic nitrogens is 2. The SMILES string of the molecule is COCc1nc(SC)[nH]c(=O)c1OC. The zero-order chi connectivity index (χ0) is 10.6. The van der Waals surface area contributed by atoms with Crippen LogP contribution in [0.3, 0.4) is 0 Å². The number of hydrogen-bond donors (Lipinski definition) is 1. The fourth-order valence-electron chi connectivity index (χ4n) is 1.03. The van der Waals surface area contributed by atoms with Gasteiger partial charge < -0.3 is 9.47 Å². The van der Waals surface area contributed by atoms with Gasteiger partial charge in [-0.25, -0.2) is 4.98 Å². The Bertz CT molecular complexity index is 364. The molecule has 5 nitrogen and oxygen atoms in total. The van der Waals surface area contributed by atoms with Gasteiger partial charge in [-0.1, -0.05) is 11.8 Å². The highest BCUT2D eigenvalue weighted by atomic mass is 32.2. The van der Waals surface area contributed by atoms with E-state index in [0.717, 1.165) is 0 Å². The summed E-state index contributed by atoms with van der Waals surface area (Å²) in [5, 5.41) is 0.558. The van der Waals surface area contributed by atoms with E-state index in [2.05, 4.69) is 9.97 Å². The Hall–Kier alpha value is -1.01. The van der Waals surface area contributed by atoms with Gasteiger partial charge in [-0.15, -0.1) is 0 Å². The van der Waals surface area contributed by atoms with Crippen LogP contribution in [-0.2, 0) is 11.3 Å². The number of methoxy groups -OCH3 is 2. The molecule has 0 fully saturated rings. The Morgan fingerprint density at radius 3 is 2.71 bits per heavy atom. The molecule has 0 aliphatic carbocycles. The maximum atomic E-state index is 11.4. The molecule has 0 radical (unpaired) electrons. The average molecular weight is 216 g/mol. The zero-order valence-electron chi connectivity index (χ0n) is 8.29. The van der Waals surface area contributed by atoms with Crippen molar-refractivity contribution in [2.45, 2.75) is 11.8 Å². The molecule has 78 valence electrons. The predicted molar refractivity (Wildman–Crippen MR) is 53.9 cm³/mol. The van der Waals surface area contributed by atoms with Gasteiger partial charge in [0.15, 0.2) is 5.16 Å². The minimum atomic E-state index is -0.279. The fraction of sp³-hybridized carbons (Fsp3) is 0.500. The van der Waals surface area contributed by atoms with Gasteiger partial charge in [-0.05, 0) is 6.26 Å². The highest BCUT2D eigenvalue weighted by Crippen LogP contribution is 2.14. The number of rotatable bonds is 4. The second-order valence-electron chi connectivity index (χ2n) is 2.49. The van der Waals surface area contributed by atoms with Gasteiger partial charge in [-0.2, -0.15) is 0 Å². The first kappa shape index (κ1) is 11.1. The largest absolute Gasteiger partial charge is 0.490 e. The number of thioether (sulfide) groups is 1. The lowest BCUT2D eigenvalue weighted by molar-refractivity contribution is 0.176. The Labute approximate surface area is 85.8 Å². The average Bonchev–Trinajstić information content (AvgIpc) is 2.18. The number of nitrogens with one attached hydrogen (secondary N) is 1. The summed E-state index contributed by atoms with van der Waals surface area (Å²) < 4.78 is 9.85. The van der Waals surface area contributed by atoms with Crippen LogP contribution in [0, 0.1) is 0 Å². The molecule has 1 N–H and O–H groups in total. The summed E-state index contributed by atoms with van der Waals surface area (Å²) in [5.74, 6) is 0.213. The van der Waals surface area contributed by atoms with Gasteiger partial charge in [0.1, 0.15) is 5.69 Å². The van der Waals surface area contributed by atoms with Crippen LogP contribution in [-0.4, -0.2) is 30.4 Å². The quantitative estimate of drug-likeness (QED) is 0.591. The summed E-state index contributed by atoms with van der Waals surface area (Å²) in [6.07, 6.45) is 1.83. The van der Waals surface area contributed by atoms with Gasteiger partial charge in [-0.3, -0.25) is 9.78 Å². The summed E-state index contributed by atoms with van der Waals surface area (Å²) in [6.45, 7) is 0.265. The lowest BCUT2D eigenvalue weighted by Crippen LogP contribution is -2.15. The Kier molecular flexibility index (Phi) is 3.97. The fourth-order valence-corrected chi connectivity index (χ4v) is 1.42. The third-order valence-corrected chi connectivity index (χ3v) is 2.18. The molecule has 0 amide bonds. The molecular formula is C8H12N2O3S. The van der Waals surface area contributed by atoms with Gasteiger partial charge in [0, 0.05) is 7.11 Å². The topological polar surface area (TPSA) is 64.2 Å². The molecule has 0 bridgehead atoms. The maximum Gasteiger partial charge on any atom is 0.294 e. The molecule has 0 saturated heterocycles. The van der Waals surface area contributed by atoms with Crippen LogP contribution < -0.4 is 10.3 Å². The smallest absolute Gasteiger partial charge is 0.294 e. The Balaban J connectivity index is 3.21. The number of aromatic amines is 1. The van der Waals surface area contributed by atoms with Crippen LogP contribution in [0.1, 0.15) is 5.69 Å². The van der Waals surface area contributed by atoms with Crippen LogP contribution in [0.2, 0.25) is 0 Å². The van der Waals surface area contributed by atoms with Crippen LogP contribution in [0.25, 0.3) is 0 Å². The van der Waals surface area contributed by atoms with Crippen LogP contribution in [0.5, 0.6) is 5.75 Å². The lowest BCUT2D eigenvalue weighted by Gasteiger charge is -2.06. The second kappa shape index (κ2) is 5.02. The van der Waals surface area contributed by atoms with E-state index in [1.807, 2.05) is 6.26 Å². The van der Waals surface area contributed by atoms with Gasteiger partial charge in [0.2, 0.25) is 5.75 Å². The van der Waals surface area contributed by atoms with E-state index >= 15 is 0 Å². The van der Waals surface area contributed by atoms with Crippen molar-refractivity contribution in [2.24, 2.45) is 0 Å². The molecule has 0 aliphatic rings. The Morgan fingerprint density at radius 2 is 2.21 bits per heavy atom. The summed E-state index contributed by atoms with van der Waals surface area (Å²) >= 11 is 1.36. The highest BCUT2D eigenvalue weighted by Gasteiger charge is 2.10. The molecule has 0 spiro atoms. The monoisotopic (exact) mass is 216 g/mol. The molecular weight excluding hydrogens is 204 g/mol. The first-order valence-electron chi connectivity index (χ1n) is 3.93. The normalized spacial score (nSPS) is 10.2. The molecule has 1 aromatic rings. The molecule has 1 rings (SSSR count). The van der Waals surface area contributed by atoms with Crippen molar-refractivity contribution < 1.29 is 9.47 Å². The van der Waals surface area contributed by atoms with Crippen molar-refractivity contribution in [3.8, 4) is 5.75 Å². The van der Waals surface area contributed by atoms with Crippen molar-refractivity contribution in [1.29, 1.82) is 0 Å². The van der Waals surface area contributed by atoms with E-state index in [1.54, 1.807) is 7.11 Å². The zero-order valence-corrected chi connectivity index (χ0v) is 9.10. The van der Waals surface area contributed by atoms with E-state index in [-0.39, 0.29) is 17.9 Å². The third-order valence-electron chi connectivity index (χ3n) is 1.60. The van der Waals surface area contributed by atoms with Crippen LogP contribution >= 0.6 is 11.8 Å². The van der Waals surface area contributed by atoms with E-state index < -0.39 is 0 Å². The molecule has 0 saturated carbocycles. The summed E-state index contributed by atoms with van der Waals surface area (Å²) in [6, 6.07) is 0. The van der Waals surface area contributed by atoms with E-state index in [4.69, 9.17) is 9.47 Å². The first-order chi connectivity index (χ1) is 6.72. The standard InChI is InChI=1S/C8H12N2O3S/c1-12-4-5-6(13-2)7(11)10-8(9-5)14-3/h4H2,1-3H3,(H,9,10,11). The van der Waals surface area contributed by atoms with Crippen LogP contribution in [0.15, 0.2) is 9.95 Å². The summed E-state index contributed by atoms with van der Waals surface area (Å²) in [5.41, 5.74) is 0.238. The van der Waals surface area contributed by atoms with Crippen molar-refractivity contribution in [3.63, 3.8) is 0 Å². The van der Waals surface area contributed by atoms with E-state index in [9.17, 15) is 4.79 Å². The molecule has 0 aromatic carbocycles. The van der Waals surface area contributed by atoms with Gasteiger partial charge in [0.05, 0.1) is 13.7 Å². The molecule has 0 atom stereocenters. The minimum absolute atomic E-state index is 0.213. The molecule has 1 aromatic heterocycles. The summed E-state index contributed by atoms with van der Waals surface area (Å²) in [7, 11) is 2.98. The van der Waals surface area contributed by atoms with Gasteiger partial charge >= 0.3 is 0 Å². The first-order valence-corrected chi connectivity index (χ1v) is 5.15. The molecule has 1 heterocycles. The molecule has 0 unspecified atom stereocenters. The lowest BCUT2D eigenvalue weighted by atomic mass is 10.4. The molecule has 0 aliphatic heterocycles. The minimum Gasteiger partial charge on any atom is -0.490 e. The van der Waals surface area contributed by atoms with Crippen molar-refractivity contribution in [3.05, 3.63) is 16.0 Å². The van der Waals surface area contributed by atoms with Crippen LogP contribution in [0.4, 0.5) is 0 Å². The number of ether oxygens (including phenoxy) is 2. The van der Waals surface area contributed by atoms with Gasteiger partial charge in [0.25, 0.3) is 5.56 Å². The maximum absolute atomic E-state index is 11.4. The summed E-state index contributed by atoms with van der Waals surface area (Å²) in [4.78, 5) is 18.2. The van der Waals surface area contributed by atoms with Crippen molar-refractivity contribution >= 4 is 11.8 Å². The third kappa shape index (κ3) is 2.27. The van der Waals surface area contributed by atoms with E-state index in [0.29, 0.717) is 10.9 Å². The highest BCUT2D eigenvalue weighted by molar-refractivity contribution is 7.98. The number of hydrogen-bond acceptors (Lipinski definition) is 5.